The van der Waals surface area contributed by atoms with Gasteiger partial charge < -0.3 is 14.8 Å². The van der Waals surface area contributed by atoms with Crippen molar-refractivity contribution in [2.75, 3.05) is 13.7 Å². The summed E-state index contributed by atoms with van der Waals surface area (Å²) in [6.45, 7) is 2.50. The number of hydrogen-bond acceptors (Lipinski definition) is 4. The molecule has 0 saturated heterocycles. The molecule has 0 aromatic heterocycles. The lowest BCUT2D eigenvalue weighted by molar-refractivity contribution is 0.0600. The summed E-state index contributed by atoms with van der Waals surface area (Å²) in [6, 6.07) is 11.8. The number of carbonyl (C=O) groups excluding carboxylic acids is 2. The van der Waals surface area contributed by atoms with Gasteiger partial charge in [0, 0.05) is 5.02 Å². The Balaban J connectivity index is 1.69. The topological polar surface area (TPSA) is 64.6 Å². The van der Waals surface area contributed by atoms with Gasteiger partial charge in [-0.2, -0.15) is 0 Å². The van der Waals surface area contributed by atoms with E-state index in [2.05, 4.69) is 5.32 Å². The summed E-state index contributed by atoms with van der Waals surface area (Å²) in [5.74, 6) is 0.465. The van der Waals surface area contributed by atoms with Crippen LogP contribution in [-0.2, 0) is 4.74 Å². The van der Waals surface area contributed by atoms with E-state index in [-0.39, 0.29) is 11.9 Å². The molecule has 28 heavy (non-hydrogen) atoms. The number of benzene rings is 2. The van der Waals surface area contributed by atoms with Gasteiger partial charge in [0.2, 0.25) is 0 Å². The second-order valence-electron chi connectivity index (χ2n) is 7.06. The van der Waals surface area contributed by atoms with E-state index in [0.717, 1.165) is 5.56 Å². The summed E-state index contributed by atoms with van der Waals surface area (Å²) in [6.07, 6.45) is 3.59. The molecule has 2 aromatic rings. The minimum Gasteiger partial charge on any atom is -0.492 e. The fourth-order valence-electron chi connectivity index (χ4n) is 3.06. The molecular weight excluding hydrogens is 378 g/mol. The van der Waals surface area contributed by atoms with Gasteiger partial charge in [-0.1, -0.05) is 30.2 Å². The third-order valence-electron chi connectivity index (χ3n) is 5.06. The largest absolute Gasteiger partial charge is 0.492 e. The molecule has 0 unspecified atom stereocenters. The molecule has 0 bridgehead atoms. The fourth-order valence-corrected chi connectivity index (χ4v) is 3.23. The van der Waals surface area contributed by atoms with Gasteiger partial charge in [0.1, 0.15) is 5.75 Å². The predicted molar refractivity (Wildman–Crippen MR) is 108 cm³/mol. The maximum Gasteiger partial charge on any atom is 0.337 e. The normalized spacial score (nSPS) is 14.7. The summed E-state index contributed by atoms with van der Waals surface area (Å²) >= 11 is 6.10. The zero-order valence-corrected chi connectivity index (χ0v) is 16.8. The molecule has 0 spiro atoms. The third-order valence-corrected chi connectivity index (χ3v) is 5.30. The van der Waals surface area contributed by atoms with Gasteiger partial charge in [0.25, 0.3) is 5.91 Å². The maximum absolute atomic E-state index is 12.8. The summed E-state index contributed by atoms with van der Waals surface area (Å²) < 4.78 is 10.6. The molecule has 6 heteroatoms. The minimum atomic E-state index is -0.393. The number of rotatable bonds is 7. The van der Waals surface area contributed by atoms with Crippen LogP contribution in [0, 0.1) is 5.92 Å². The lowest BCUT2D eigenvalue weighted by atomic mass is 9.86. The second-order valence-corrected chi connectivity index (χ2v) is 7.49. The number of carbonyl (C=O) groups is 2. The first-order valence-corrected chi connectivity index (χ1v) is 9.77. The second kappa shape index (κ2) is 9.11. The van der Waals surface area contributed by atoms with Crippen LogP contribution >= 0.6 is 11.6 Å². The van der Waals surface area contributed by atoms with Crippen molar-refractivity contribution in [1.82, 2.24) is 5.32 Å². The number of halogens is 1. The lowest BCUT2D eigenvalue weighted by Crippen LogP contribution is -2.27. The zero-order chi connectivity index (χ0) is 20.1. The Labute approximate surface area is 170 Å². The van der Waals surface area contributed by atoms with Crippen LogP contribution in [0.5, 0.6) is 5.75 Å². The number of hydrogen-bond donors (Lipinski definition) is 1. The number of nitrogens with one attached hydrogen (secondary N) is 1. The molecule has 1 aliphatic rings. The van der Waals surface area contributed by atoms with Crippen LogP contribution in [0.2, 0.25) is 5.02 Å². The first kappa shape index (κ1) is 20.2. The summed E-state index contributed by atoms with van der Waals surface area (Å²) in [5.41, 5.74) is 1.76. The van der Waals surface area contributed by atoms with Crippen LogP contribution in [0.25, 0.3) is 0 Å². The van der Waals surface area contributed by atoms with Crippen LogP contribution < -0.4 is 10.1 Å². The van der Waals surface area contributed by atoms with Crippen molar-refractivity contribution < 1.29 is 19.1 Å². The van der Waals surface area contributed by atoms with E-state index in [1.165, 1.54) is 26.4 Å². The molecule has 0 radical (unpaired) electrons. The highest BCUT2D eigenvalue weighted by atomic mass is 35.5. The molecule has 1 amide bonds. The van der Waals surface area contributed by atoms with Gasteiger partial charge in [-0.3, -0.25) is 4.79 Å². The highest BCUT2D eigenvalue weighted by Gasteiger charge is 2.21. The van der Waals surface area contributed by atoms with E-state index < -0.39 is 5.97 Å². The van der Waals surface area contributed by atoms with Crippen LogP contribution in [-0.4, -0.2) is 25.6 Å². The van der Waals surface area contributed by atoms with Gasteiger partial charge in [0.15, 0.2) is 0 Å². The smallest absolute Gasteiger partial charge is 0.337 e. The monoisotopic (exact) mass is 401 g/mol. The van der Waals surface area contributed by atoms with Crippen LogP contribution in [0.4, 0.5) is 0 Å². The summed E-state index contributed by atoms with van der Waals surface area (Å²) in [5, 5.41) is 3.45. The molecular formula is C22H24ClNO4. The van der Waals surface area contributed by atoms with Crippen molar-refractivity contribution in [1.29, 1.82) is 0 Å². The van der Waals surface area contributed by atoms with Gasteiger partial charge in [-0.15, -0.1) is 0 Å². The van der Waals surface area contributed by atoms with Crippen molar-refractivity contribution in [2.24, 2.45) is 5.92 Å². The summed E-state index contributed by atoms with van der Waals surface area (Å²) in [7, 11) is 1.34. The minimum absolute atomic E-state index is 0.252. The first-order valence-electron chi connectivity index (χ1n) is 9.39. The average Bonchev–Trinajstić information content (AvgIpc) is 2.67. The van der Waals surface area contributed by atoms with Crippen molar-refractivity contribution in [2.45, 2.75) is 32.2 Å². The predicted octanol–water partition coefficient (Wildman–Crippen LogP) is 4.80. The molecule has 148 valence electrons. The van der Waals surface area contributed by atoms with Gasteiger partial charge >= 0.3 is 5.97 Å². The van der Waals surface area contributed by atoms with E-state index in [0.29, 0.717) is 34.4 Å². The van der Waals surface area contributed by atoms with Crippen LogP contribution in [0.15, 0.2) is 42.5 Å². The van der Waals surface area contributed by atoms with Crippen molar-refractivity contribution in [3.05, 3.63) is 64.2 Å². The third kappa shape index (κ3) is 4.84. The number of methoxy groups -OCH3 is 1. The Morgan fingerprint density at radius 2 is 1.89 bits per heavy atom. The number of esters is 1. The molecule has 1 atom stereocenters. The van der Waals surface area contributed by atoms with Crippen molar-refractivity contribution in [3.8, 4) is 5.75 Å². The Kier molecular flexibility index (Phi) is 6.57. The number of ether oxygens (including phenoxy) is 2. The maximum atomic E-state index is 12.8. The fraction of sp³-hybridized carbons (Fsp3) is 0.364. The van der Waals surface area contributed by atoms with Gasteiger partial charge in [0.05, 0.1) is 30.9 Å². The van der Waals surface area contributed by atoms with Crippen LogP contribution in [0.1, 0.15) is 58.5 Å². The van der Waals surface area contributed by atoms with E-state index in [1.807, 2.05) is 6.92 Å². The molecule has 2 aromatic carbocycles. The van der Waals surface area contributed by atoms with E-state index in [9.17, 15) is 9.59 Å². The summed E-state index contributed by atoms with van der Waals surface area (Å²) in [4.78, 5) is 24.4. The van der Waals surface area contributed by atoms with Gasteiger partial charge in [-0.25, -0.2) is 4.79 Å². The Hall–Kier alpha value is -2.53. The van der Waals surface area contributed by atoms with E-state index in [4.69, 9.17) is 21.1 Å². The standard InChI is InChI=1S/C22H24ClNO4/c1-14(16-6-8-17(9-7-16)22(26)27-2)24-21(25)19-12-18(23)10-11-20(19)28-13-15-4-3-5-15/h6-12,14-15H,3-5,13H2,1-2H3,(H,24,25)/t14-/m0/s1. The Morgan fingerprint density at radius 3 is 2.50 bits per heavy atom. The van der Waals surface area contributed by atoms with E-state index in [1.54, 1.807) is 42.5 Å². The van der Waals surface area contributed by atoms with Crippen molar-refractivity contribution in [3.63, 3.8) is 0 Å². The molecule has 3 rings (SSSR count). The molecule has 1 fully saturated rings. The van der Waals surface area contributed by atoms with E-state index >= 15 is 0 Å². The Bertz CT molecular complexity index is 846. The molecule has 5 nitrogen and oxygen atoms in total. The van der Waals surface area contributed by atoms with Crippen molar-refractivity contribution >= 4 is 23.5 Å². The average molecular weight is 402 g/mol. The van der Waals surface area contributed by atoms with Gasteiger partial charge in [-0.05, 0) is 61.6 Å². The zero-order valence-electron chi connectivity index (χ0n) is 16.0. The highest BCUT2D eigenvalue weighted by Crippen LogP contribution is 2.29. The highest BCUT2D eigenvalue weighted by molar-refractivity contribution is 6.31. The quantitative estimate of drug-likeness (QED) is 0.677. The molecule has 1 aliphatic carbocycles. The molecule has 0 heterocycles. The molecule has 1 saturated carbocycles. The molecule has 1 N–H and O–H groups in total. The van der Waals surface area contributed by atoms with Crippen LogP contribution in [0.3, 0.4) is 0 Å². The lowest BCUT2D eigenvalue weighted by Gasteiger charge is -2.25. The molecule has 0 aliphatic heterocycles. The number of amides is 1. The SMILES string of the molecule is COC(=O)c1ccc([C@H](C)NC(=O)c2cc(Cl)ccc2OCC2CCC2)cc1. The Morgan fingerprint density at radius 1 is 1.18 bits per heavy atom. The first-order chi connectivity index (χ1) is 13.5.